The Morgan fingerprint density at radius 2 is 1.69 bits per heavy atom. The van der Waals surface area contributed by atoms with E-state index < -0.39 is 0 Å². The lowest BCUT2D eigenvalue weighted by molar-refractivity contribution is 0.0779. The Bertz CT molecular complexity index is 1730. The van der Waals surface area contributed by atoms with Gasteiger partial charge in [-0.1, -0.05) is 29.8 Å². The molecular weight excluding hydrogens is 604 g/mol. The van der Waals surface area contributed by atoms with Gasteiger partial charge < -0.3 is 33.5 Å². The summed E-state index contributed by atoms with van der Waals surface area (Å²) in [6.45, 7) is 11.2. The number of fused-ring (bicyclic) bond motifs is 1. The van der Waals surface area contributed by atoms with Crippen LogP contribution in [0.3, 0.4) is 0 Å². The van der Waals surface area contributed by atoms with Crippen LogP contribution in [0.4, 0.5) is 5.95 Å². The SMILES string of the molecule is COc1cc(C(=O)N2CCC(CCN3CCCN(c4nc5ccccc5n4CC=C(C)C)CC3)(c3ccccn3)C2)cc(OC)c1OC. The van der Waals surface area contributed by atoms with Crippen LogP contribution in [-0.4, -0.2) is 97.4 Å². The third kappa shape index (κ3) is 6.85. The minimum absolute atomic E-state index is 0.0477. The molecule has 1 atom stereocenters. The monoisotopic (exact) mass is 652 g/mol. The van der Waals surface area contributed by atoms with Crippen LogP contribution >= 0.6 is 0 Å². The number of carbonyl (C=O) groups excluding carboxylic acids is 1. The van der Waals surface area contributed by atoms with Crippen LogP contribution < -0.4 is 19.1 Å². The Balaban J connectivity index is 1.17. The first-order valence-electron chi connectivity index (χ1n) is 16.9. The van der Waals surface area contributed by atoms with Gasteiger partial charge in [0.25, 0.3) is 5.91 Å². The molecule has 2 saturated heterocycles. The third-order valence-electron chi connectivity index (χ3n) is 9.86. The zero-order chi connectivity index (χ0) is 33.7. The molecule has 1 unspecified atom stereocenters. The lowest BCUT2D eigenvalue weighted by Crippen LogP contribution is -2.39. The van der Waals surface area contributed by atoms with E-state index in [0.29, 0.717) is 35.9 Å². The molecule has 0 spiro atoms. The first kappa shape index (κ1) is 33.3. The summed E-state index contributed by atoms with van der Waals surface area (Å²) in [7, 11) is 4.70. The van der Waals surface area contributed by atoms with Gasteiger partial charge in [0.15, 0.2) is 11.5 Å². The van der Waals surface area contributed by atoms with Crippen molar-refractivity contribution < 1.29 is 19.0 Å². The summed E-state index contributed by atoms with van der Waals surface area (Å²) in [5.74, 6) is 2.42. The summed E-state index contributed by atoms with van der Waals surface area (Å²) in [5.41, 5.74) is 4.86. The number of aromatic nitrogens is 3. The Morgan fingerprint density at radius 1 is 0.917 bits per heavy atom. The molecule has 10 heteroatoms. The van der Waals surface area contributed by atoms with Crippen LogP contribution in [0.5, 0.6) is 17.2 Å². The van der Waals surface area contributed by atoms with Gasteiger partial charge >= 0.3 is 0 Å². The molecule has 6 rings (SSSR count). The van der Waals surface area contributed by atoms with E-state index in [1.54, 1.807) is 33.5 Å². The Morgan fingerprint density at radius 3 is 2.40 bits per heavy atom. The van der Waals surface area contributed by atoms with Crippen molar-refractivity contribution in [3.8, 4) is 17.2 Å². The highest BCUT2D eigenvalue weighted by Crippen LogP contribution is 2.41. The molecule has 254 valence electrons. The van der Waals surface area contributed by atoms with E-state index in [4.69, 9.17) is 24.2 Å². The highest BCUT2D eigenvalue weighted by atomic mass is 16.5. The van der Waals surface area contributed by atoms with Crippen LogP contribution in [-0.2, 0) is 12.0 Å². The first-order valence-corrected chi connectivity index (χ1v) is 16.9. The fraction of sp³-hybridized carbons (Fsp3) is 0.447. The second-order valence-corrected chi connectivity index (χ2v) is 13.1. The molecule has 2 aromatic heterocycles. The lowest BCUT2D eigenvalue weighted by atomic mass is 9.79. The Hall–Kier alpha value is -4.57. The lowest BCUT2D eigenvalue weighted by Gasteiger charge is -2.32. The van der Waals surface area contributed by atoms with E-state index in [1.165, 1.54) is 11.1 Å². The van der Waals surface area contributed by atoms with Crippen LogP contribution in [0.15, 0.2) is 72.4 Å². The maximum absolute atomic E-state index is 13.9. The fourth-order valence-electron chi connectivity index (χ4n) is 7.18. The van der Waals surface area contributed by atoms with Crippen LogP contribution in [0.1, 0.15) is 49.2 Å². The van der Waals surface area contributed by atoms with E-state index in [-0.39, 0.29) is 11.3 Å². The molecule has 0 saturated carbocycles. The predicted octanol–water partition coefficient (Wildman–Crippen LogP) is 5.81. The van der Waals surface area contributed by atoms with Gasteiger partial charge in [0.05, 0.1) is 32.4 Å². The molecule has 0 N–H and O–H groups in total. The molecule has 2 aliphatic heterocycles. The van der Waals surface area contributed by atoms with E-state index in [9.17, 15) is 4.79 Å². The van der Waals surface area contributed by atoms with Gasteiger partial charge in [-0.15, -0.1) is 0 Å². The fourth-order valence-corrected chi connectivity index (χ4v) is 7.18. The summed E-state index contributed by atoms with van der Waals surface area (Å²) in [4.78, 5) is 30.8. The number of imidazole rings is 1. The van der Waals surface area contributed by atoms with Crippen molar-refractivity contribution in [2.24, 2.45) is 0 Å². The molecule has 0 aliphatic carbocycles. The number of anilines is 1. The number of rotatable bonds is 11. The van der Waals surface area contributed by atoms with Gasteiger partial charge in [-0.05, 0) is 82.6 Å². The molecule has 0 bridgehead atoms. The summed E-state index contributed by atoms with van der Waals surface area (Å²) in [5, 5.41) is 0. The van der Waals surface area contributed by atoms with Gasteiger partial charge in [-0.3, -0.25) is 9.78 Å². The second-order valence-electron chi connectivity index (χ2n) is 13.1. The van der Waals surface area contributed by atoms with E-state index >= 15 is 0 Å². The van der Waals surface area contributed by atoms with Gasteiger partial charge in [0, 0.05) is 62.1 Å². The minimum atomic E-state index is -0.234. The van der Waals surface area contributed by atoms with E-state index in [2.05, 4.69) is 70.7 Å². The average molecular weight is 653 g/mol. The number of hydrogen-bond acceptors (Lipinski definition) is 8. The number of benzene rings is 2. The number of likely N-dealkylation sites (tertiary alicyclic amines) is 1. The van der Waals surface area contributed by atoms with Crippen molar-refractivity contribution in [1.29, 1.82) is 0 Å². The van der Waals surface area contributed by atoms with Gasteiger partial charge in [0.2, 0.25) is 11.7 Å². The zero-order valence-electron chi connectivity index (χ0n) is 28.9. The van der Waals surface area contributed by atoms with Crippen LogP contribution in [0.25, 0.3) is 11.0 Å². The molecule has 0 radical (unpaired) electrons. The average Bonchev–Trinajstić information content (AvgIpc) is 3.64. The standard InChI is InChI=1S/C38H48N6O4/c1-28(2)14-20-44-31-12-7-6-11-30(31)40-37(44)42-19-10-18-41(23-24-42)21-15-38(34-13-8-9-17-39-34)16-22-43(27-38)36(45)29-25-32(46-3)35(48-5)33(26-29)47-4/h6-9,11-14,17,25-26H,10,15-16,18-24,27H2,1-5H3. The third-order valence-corrected chi connectivity index (χ3v) is 9.86. The first-order chi connectivity index (χ1) is 23.4. The summed E-state index contributed by atoms with van der Waals surface area (Å²) >= 11 is 0. The zero-order valence-corrected chi connectivity index (χ0v) is 28.9. The number of allylic oxidation sites excluding steroid dienone is 2. The number of carbonyl (C=O) groups is 1. The predicted molar refractivity (Wildman–Crippen MR) is 190 cm³/mol. The molecule has 48 heavy (non-hydrogen) atoms. The molecular formula is C38H48N6O4. The van der Waals surface area contributed by atoms with Crippen molar-refractivity contribution in [3.05, 3.63) is 83.7 Å². The Labute approximate surface area is 283 Å². The molecule has 10 nitrogen and oxygen atoms in total. The molecule has 4 aromatic rings. The number of nitrogens with zero attached hydrogens (tertiary/aromatic N) is 6. The van der Waals surface area contributed by atoms with Gasteiger partial charge in [0.1, 0.15) is 0 Å². The van der Waals surface area contributed by atoms with Crippen molar-refractivity contribution in [3.63, 3.8) is 0 Å². The normalized spacial score (nSPS) is 18.5. The van der Waals surface area contributed by atoms with Crippen molar-refractivity contribution in [2.45, 2.75) is 45.1 Å². The number of ether oxygens (including phenoxy) is 3. The Kier molecular flexibility index (Phi) is 10.2. The largest absolute Gasteiger partial charge is 0.493 e. The van der Waals surface area contributed by atoms with Crippen molar-refractivity contribution in [1.82, 2.24) is 24.3 Å². The minimum Gasteiger partial charge on any atom is -0.493 e. The molecule has 2 fully saturated rings. The molecule has 2 aromatic carbocycles. The van der Waals surface area contributed by atoms with E-state index in [1.807, 2.05) is 17.2 Å². The number of para-hydroxylation sites is 2. The highest BCUT2D eigenvalue weighted by molar-refractivity contribution is 5.96. The quantitative estimate of drug-likeness (QED) is 0.188. The topological polar surface area (TPSA) is 85.2 Å². The smallest absolute Gasteiger partial charge is 0.254 e. The number of methoxy groups -OCH3 is 3. The van der Waals surface area contributed by atoms with Crippen molar-refractivity contribution in [2.75, 3.05) is 72.0 Å². The molecule has 4 heterocycles. The summed E-state index contributed by atoms with van der Waals surface area (Å²) in [6.07, 6.45) is 6.98. The van der Waals surface area contributed by atoms with Crippen LogP contribution in [0.2, 0.25) is 0 Å². The van der Waals surface area contributed by atoms with Gasteiger partial charge in [-0.2, -0.15) is 0 Å². The van der Waals surface area contributed by atoms with Crippen LogP contribution in [0, 0.1) is 0 Å². The summed E-state index contributed by atoms with van der Waals surface area (Å²) in [6, 6.07) is 18.0. The summed E-state index contributed by atoms with van der Waals surface area (Å²) < 4.78 is 18.9. The highest BCUT2D eigenvalue weighted by Gasteiger charge is 2.43. The number of pyridine rings is 1. The maximum Gasteiger partial charge on any atom is 0.254 e. The second kappa shape index (κ2) is 14.7. The van der Waals surface area contributed by atoms with E-state index in [0.717, 1.165) is 75.7 Å². The number of amides is 1. The molecule has 1 amide bonds. The number of hydrogen-bond donors (Lipinski definition) is 0. The van der Waals surface area contributed by atoms with Crippen molar-refractivity contribution >= 4 is 22.9 Å². The maximum atomic E-state index is 13.9. The molecule has 2 aliphatic rings. The van der Waals surface area contributed by atoms with Gasteiger partial charge in [-0.25, -0.2) is 4.98 Å².